The van der Waals surface area contributed by atoms with Crippen molar-refractivity contribution in [1.82, 2.24) is 9.55 Å². The van der Waals surface area contributed by atoms with Crippen LogP contribution in [-0.2, 0) is 6.42 Å². The number of aryl methyl sites for hydroxylation is 1. The lowest BCUT2D eigenvalue weighted by Crippen LogP contribution is -2.12. The number of hydrogen-bond acceptors (Lipinski definition) is 2. The van der Waals surface area contributed by atoms with E-state index in [4.69, 9.17) is 5.73 Å². The molecule has 0 bridgehead atoms. The molecule has 0 aliphatic heterocycles. The Morgan fingerprint density at radius 1 is 1.44 bits per heavy atom. The fourth-order valence-electron chi connectivity index (χ4n) is 2.10. The lowest BCUT2D eigenvalue weighted by molar-refractivity contribution is 0.606. The maximum absolute atomic E-state index is 14.1. The van der Waals surface area contributed by atoms with Crippen molar-refractivity contribution in [3.8, 4) is 5.69 Å². The van der Waals surface area contributed by atoms with Crippen LogP contribution in [0.4, 0.5) is 4.39 Å². The first-order valence-corrected chi connectivity index (χ1v) is 6.21. The minimum atomic E-state index is -0.264. The number of hydrogen-bond donors (Lipinski definition) is 1. The van der Waals surface area contributed by atoms with Gasteiger partial charge in [0, 0.05) is 24.9 Å². The van der Waals surface area contributed by atoms with Gasteiger partial charge in [-0.15, -0.1) is 0 Å². The van der Waals surface area contributed by atoms with Crippen LogP contribution >= 0.6 is 0 Å². The number of nitrogens with zero attached hydrogens (tertiary/aromatic N) is 2. The van der Waals surface area contributed by atoms with Crippen molar-refractivity contribution in [2.75, 3.05) is 0 Å². The van der Waals surface area contributed by atoms with Gasteiger partial charge in [-0.2, -0.15) is 0 Å². The predicted octanol–water partition coefficient (Wildman–Crippen LogP) is 2.98. The number of nitrogens with two attached hydrogens (primary N) is 1. The van der Waals surface area contributed by atoms with Crippen molar-refractivity contribution < 1.29 is 4.39 Å². The fourth-order valence-corrected chi connectivity index (χ4v) is 2.10. The van der Waals surface area contributed by atoms with Crippen LogP contribution in [0.1, 0.15) is 37.7 Å². The molecule has 4 heteroatoms. The van der Waals surface area contributed by atoms with Crippen LogP contribution in [-0.4, -0.2) is 9.55 Å². The number of aromatic nitrogens is 2. The molecule has 0 saturated carbocycles. The standard InChI is InChI=1S/C14H18FN3/c1-3-5-13-17-8-9-18(13)14-11(10(2)16)6-4-7-12(14)15/h4,6-10H,3,5,16H2,1-2H3/t10-/m1/s1. The smallest absolute Gasteiger partial charge is 0.147 e. The summed E-state index contributed by atoms with van der Waals surface area (Å²) in [6, 6.07) is 4.79. The van der Waals surface area contributed by atoms with Crippen LogP contribution in [0.2, 0.25) is 0 Å². The Balaban J connectivity index is 2.59. The molecular formula is C14H18FN3. The number of rotatable bonds is 4. The molecule has 2 rings (SSSR count). The van der Waals surface area contributed by atoms with Gasteiger partial charge in [0.05, 0.1) is 5.69 Å². The first-order valence-electron chi connectivity index (χ1n) is 6.21. The minimum absolute atomic E-state index is 0.215. The molecule has 1 heterocycles. The molecule has 1 atom stereocenters. The van der Waals surface area contributed by atoms with E-state index in [0.29, 0.717) is 5.69 Å². The van der Waals surface area contributed by atoms with Crippen LogP contribution in [0.5, 0.6) is 0 Å². The van der Waals surface area contributed by atoms with Crippen molar-refractivity contribution in [2.24, 2.45) is 5.73 Å². The zero-order valence-corrected chi connectivity index (χ0v) is 10.7. The maximum Gasteiger partial charge on any atom is 0.147 e. The summed E-state index contributed by atoms with van der Waals surface area (Å²) in [7, 11) is 0. The monoisotopic (exact) mass is 247 g/mol. The third-order valence-corrected chi connectivity index (χ3v) is 2.94. The van der Waals surface area contributed by atoms with E-state index in [1.165, 1.54) is 6.07 Å². The summed E-state index contributed by atoms with van der Waals surface area (Å²) in [6.07, 6.45) is 5.27. The molecule has 0 saturated heterocycles. The van der Waals surface area contributed by atoms with Crippen molar-refractivity contribution in [1.29, 1.82) is 0 Å². The molecule has 1 aromatic heterocycles. The zero-order valence-electron chi connectivity index (χ0n) is 10.7. The lowest BCUT2D eigenvalue weighted by atomic mass is 10.1. The molecule has 2 aromatic rings. The van der Waals surface area contributed by atoms with Gasteiger partial charge in [0.2, 0.25) is 0 Å². The molecule has 3 nitrogen and oxygen atoms in total. The van der Waals surface area contributed by atoms with Gasteiger partial charge in [-0.25, -0.2) is 9.37 Å². The first-order chi connectivity index (χ1) is 8.65. The SMILES string of the molecule is CCCc1nccn1-c1c(F)cccc1[C@@H](C)N. The van der Waals surface area contributed by atoms with Crippen molar-refractivity contribution in [3.05, 3.63) is 47.8 Å². The molecule has 0 aliphatic carbocycles. The van der Waals surface area contributed by atoms with E-state index in [-0.39, 0.29) is 11.9 Å². The summed E-state index contributed by atoms with van der Waals surface area (Å²) in [6.45, 7) is 3.93. The Bertz CT molecular complexity index is 532. The highest BCUT2D eigenvalue weighted by atomic mass is 19.1. The number of imidazole rings is 1. The van der Waals surface area contributed by atoms with Crippen LogP contribution in [0.3, 0.4) is 0 Å². The first kappa shape index (κ1) is 12.8. The highest BCUT2D eigenvalue weighted by Gasteiger charge is 2.15. The summed E-state index contributed by atoms with van der Waals surface area (Å²) in [5.41, 5.74) is 7.23. The Morgan fingerprint density at radius 2 is 2.22 bits per heavy atom. The van der Waals surface area contributed by atoms with Gasteiger partial charge in [-0.05, 0) is 25.0 Å². The van der Waals surface area contributed by atoms with Crippen LogP contribution in [0.15, 0.2) is 30.6 Å². The molecule has 0 amide bonds. The number of benzene rings is 1. The quantitative estimate of drug-likeness (QED) is 0.902. The third-order valence-electron chi connectivity index (χ3n) is 2.94. The Morgan fingerprint density at radius 3 is 2.89 bits per heavy atom. The fraction of sp³-hybridized carbons (Fsp3) is 0.357. The van der Waals surface area contributed by atoms with Gasteiger partial charge < -0.3 is 10.3 Å². The van der Waals surface area contributed by atoms with Gasteiger partial charge in [0.25, 0.3) is 0 Å². The normalized spacial score (nSPS) is 12.7. The van der Waals surface area contributed by atoms with Gasteiger partial charge in [0.15, 0.2) is 0 Å². The Kier molecular flexibility index (Phi) is 3.77. The van der Waals surface area contributed by atoms with Gasteiger partial charge in [0.1, 0.15) is 11.6 Å². The van der Waals surface area contributed by atoms with Crippen molar-refractivity contribution >= 4 is 0 Å². The molecule has 0 fully saturated rings. The highest BCUT2D eigenvalue weighted by molar-refractivity contribution is 5.45. The number of para-hydroxylation sites is 1. The van der Waals surface area contributed by atoms with Crippen LogP contribution in [0.25, 0.3) is 5.69 Å². The molecule has 0 radical (unpaired) electrons. The van der Waals surface area contributed by atoms with E-state index in [9.17, 15) is 4.39 Å². The van der Waals surface area contributed by atoms with Crippen molar-refractivity contribution in [2.45, 2.75) is 32.7 Å². The Labute approximate surface area is 106 Å². The van der Waals surface area contributed by atoms with Crippen LogP contribution in [0, 0.1) is 5.82 Å². The van der Waals surface area contributed by atoms with Gasteiger partial charge in [-0.3, -0.25) is 0 Å². The van der Waals surface area contributed by atoms with E-state index in [1.54, 1.807) is 23.0 Å². The molecule has 0 spiro atoms. The lowest BCUT2D eigenvalue weighted by Gasteiger charge is -2.16. The molecule has 1 aromatic carbocycles. The molecule has 2 N–H and O–H groups in total. The second-order valence-electron chi connectivity index (χ2n) is 4.43. The maximum atomic E-state index is 14.1. The molecule has 18 heavy (non-hydrogen) atoms. The van der Waals surface area contributed by atoms with Gasteiger partial charge in [-0.1, -0.05) is 19.1 Å². The molecule has 0 aliphatic rings. The average molecular weight is 247 g/mol. The number of halogens is 1. The second-order valence-corrected chi connectivity index (χ2v) is 4.43. The largest absolute Gasteiger partial charge is 0.324 e. The van der Waals surface area contributed by atoms with E-state index in [1.807, 2.05) is 13.0 Å². The third kappa shape index (κ3) is 2.29. The summed E-state index contributed by atoms with van der Waals surface area (Å²) in [4.78, 5) is 4.28. The summed E-state index contributed by atoms with van der Waals surface area (Å²) >= 11 is 0. The van der Waals surface area contributed by atoms with E-state index in [2.05, 4.69) is 11.9 Å². The van der Waals surface area contributed by atoms with E-state index in [0.717, 1.165) is 24.2 Å². The minimum Gasteiger partial charge on any atom is -0.324 e. The molecular weight excluding hydrogens is 229 g/mol. The highest BCUT2D eigenvalue weighted by Crippen LogP contribution is 2.24. The summed E-state index contributed by atoms with van der Waals surface area (Å²) < 4.78 is 15.9. The van der Waals surface area contributed by atoms with E-state index < -0.39 is 0 Å². The topological polar surface area (TPSA) is 43.8 Å². The van der Waals surface area contributed by atoms with Crippen LogP contribution < -0.4 is 5.73 Å². The zero-order chi connectivity index (χ0) is 13.1. The summed E-state index contributed by atoms with van der Waals surface area (Å²) in [5, 5.41) is 0. The molecule has 96 valence electrons. The van der Waals surface area contributed by atoms with Gasteiger partial charge >= 0.3 is 0 Å². The predicted molar refractivity (Wildman–Crippen MR) is 70.1 cm³/mol. The van der Waals surface area contributed by atoms with Crippen molar-refractivity contribution in [3.63, 3.8) is 0 Å². The summed E-state index contributed by atoms with van der Waals surface area (Å²) in [5.74, 6) is 0.602. The Hall–Kier alpha value is -1.68. The second kappa shape index (κ2) is 5.31. The molecule has 0 unspecified atom stereocenters. The average Bonchev–Trinajstić information content (AvgIpc) is 2.77. The van der Waals surface area contributed by atoms with E-state index >= 15 is 0 Å².